The third kappa shape index (κ3) is 23.2. The maximum absolute atomic E-state index is 11.6. The fourth-order valence-electron chi connectivity index (χ4n) is 3.44. The number of carbonyl (C=O) groups excluding carboxylic acids is 1. The smallest absolute Gasteiger partial charge is 0.306 e. The van der Waals surface area contributed by atoms with Crippen LogP contribution in [0.15, 0.2) is 12.2 Å². The molecule has 0 aliphatic carbocycles. The predicted octanol–water partition coefficient (Wildman–Crippen LogP) is 8.93. The van der Waals surface area contributed by atoms with Crippen LogP contribution in [0.1, 0.15) is 143 Å². The third-order valence-corrected chi connectivity index (χ3v) is 5.06. The van der Waals surface area contributed by atoms with Crippen LogP contribution in [0.3, 0.4) is 0 Å². The van der Waals surface area contributed by atoms with Crippen molar-refractivity contribution in [1.29, 1.82) is 0 Å². The first-order chi connectivity index (χ1) is 13.5. The average Bonchev–Trinajstić information content (AvgIpc) is 2.62. The van der Waals surface area contributed by atoms with Crippen LogP contribution in [0.2, 0.25) is 0 Å². The number of allylic oxidation sites excluding steroid dienone is 2. The standard InChI is InChI=1S/C26H50O2/c1-5-6-7-8-9-10-11-12-13-14-15-16-17-18-19-20-21-22-23-24-25(27)28-26(2,3)4/h12-13H,5-11,14-24H2,1-4H3. The molecule has 0 rings (SSSR count). The molecule has 0 aromatic heterocycles. The Morgan fingerprint density at radius 2 is 1.04 bits per heavy atom. The van der Waals surface area contributed by atoms with Gasteiger partial charge in [-0.15, -0.1) is 0 Å². The molecule has 0 amide bonds. The first-order valence-electron chi connectivity index (χ1n) is 12.3. The van der Waals surface area contributed by atoms with E-state index in [4.69, 9.17) is 4.74 Å². The van der Waals surface area contributed by atoms with Crippen LogP contribution in [0.4, 0.5) is 0 Å². The highest BCUT2D eigenvalue weighted by atomic mass is 16.6. The van der Waals surface area contributed by atoms with Crippen molar-refractivity contribution < 1.29 is 9.53 Å². The van der Waals surface area contributed by atoms with Crippen molar-refractivity contribution >= 4 is 5.97 Å². The van der Waals surface area contributed by atoms with Crippen molar-refractivity contribution in [3.63, 3.8) is 0 Å². The molecule has 0 aromatic carbocycles. The first kappa shape index (κ1) is 27.2. The van der Waals surface area contributed by atoms with Crippen LogP contribution in [0.5, 0.6) is 0 Å². The molecule has 2 heteroatoms. The SMILES string of the molecule is CCCCCCCCC=CCCCCCCCCCCCC(=O)OC(C)(C)C. The lowest BCUT2D eigenvalue weighted by Gasteiger charge is -2.19. The second-order valence-electron chi connectivity index (χ2n) is 9.33. The molecule has 0 bridgehead atoms. The Hall–Kier alpha value is -0.790. The predicted molar refractivity (Wildman–Crippen MR) is 124 cm³/mol. The number of unbranched alkanes of at least 4 members (excludes halogenated alkanes) is 15. The van der Waals surface area contributed by atoms with Crippen molar-refractivity contribution in [2.45, 2.75) is 149 Å². The topological polar surface area (TPSA) is 26.3 Å². The maximum Gasteiger partial charge on any atom is 0.306 e. The molecule has 0 aromatic rings. The molecule has 2 nitrogen and oxygen atoms in total. The van der Waals surface area contributed by atoms with Crippen molar-refractivity contribution in [2.75, 3.05) is 0 Å². The van der Waals surface area contributed by atoms with Crippen LogP contribution < -0.4 is 0 Å². The molecule has 0 radical (unpaired) electrons. The van der Waals surface area contributed by atoms with Crippen LogP contribution in [-0.2, 0) is 9.53 Å². The van der Waals surface area contributed by atoms with E-state index in [0.717, 1.165) is 12.8 Å². The number of hydrogen-bond donors (Lipinski definition) is 0. The van der Waals surface area contributed by atoms with Gasteiger partial charge in [-0.25, -0.2) is 0 Å². The third-order valence-electron chi connectivity index (χ3n) is 5.06. The van der Waals surface area contributed by atoms with Crippen molar-refractivity contribution in [3.8, 4) is 0 Å². The minimum absolute atomic E-state index is 0.0477. The molecule has 0 aliphatic heterocycles. The van der Waals surface area contributed by atoms with Gasteiger partial charge in [0.05, 0.1) is 0 Å². The van der Waals surface area contributed by atoms with Gasteiger partial charge >= 0.3 is 5.97 Å². The Balaban J connectivity index is 3.19. The fraction of sp³-hybridized carbons (Fsp3) is 0.885. The Morgan fingerprint density at radius 3 is 1.46 bits per heavy atom. The van der Waals surface area contributed by atoms with Gasteiger partial charge in [-0.1, -0.05) is 96.1 Å². The molecule has 0 heterocycles. The summed E-state index contributed by atoms with van der Waals surface area (Å²) in [4.78, 5) is 11.6. The molecule has 166 valence electrons. The number of rotatable bonds is 19. The summed E-state index contributed by atoms with van der Waals surface area (Å²) in [5.74, 6) is -0.0477. The largest absolute Gasteiger partial charge is 0.460 e. The van der Waals surface area contributed by atoms with E-state index in [1.165, 1.54) is 96.3 Å². The summed E-state index contributed by atoms with van der Waals surface area (Å²) in [6, 6.07) is 0. The second-order valence-corrected chi connectivity index (χ2v) is 9.33. The Bertz CT molecular complexity index is 365. The fourth-order valence-corrected chi connectivity index (χ4v) is 3.44. The van der Waals surface area contributed by atoms with Gasteiger partial charge in [-0.05, 0) is 52.9 Å². The first-order valence-corrected chi connectivity index (χ1v) is 12.3. The zero-order valence-electron chi connectivity index (χ0n) is 19.7. The number of hydrogen-bond acceptors (Lipinski definition) is 2. The zero-order chi connectivity index (χ0) is 20.9. The van der Waals surface area contributed by atoms with E-state index in [-0.39, 0.29) is 11.6 Å². The van der Waals surface area contributed by atoms with Crippen molar-refractivity contribution in [1.82, 2.24) is 0 Å². The molecule has 0 saturated heterocycles. The molecule has 0 atom stereocenters. The van der Waals surface area contributed by atoms with Gasteiger partial charge in [0.1, 0.15) is 5.60 Å². The van der Waals surface area contributed by atoms with E-state index in [1.807, 2.05) is 20.8 Å². The highest BCUT2D eigenvalue weighted by Gasteiger charge is 2.15. The summed E-state index contributed by atoms with van der Waals surface area (Å²) in [5, 5.41) is 0. The molecule has 0 N–H and O–H groups in total. The lowest BCUT2D eigenvalue weighted by atomic mass is 10.1. The lowest BCUT2D eigenvalue weighted by molar-refractivity contribution is -0.154. The van der Waals surface area contributed by atoms with Crippen LogP contribution in [-0.4, -0.2) is 11.6 Å². The normalized spacial score (nSPS) is 12.0. The van der Waals surface area contributed by atoms with Gasteiger partial charge in [0.15, 0.2) is 0 Å². The van der Waals surface area contributed by atoms with Gasteiger partial charge in [-0.3, -0.25) is 4.79 Å². The van der Waals surface area contributed by atoms with E-state index < -0.39 is 0 Å². The highest BCUT2D eigenvalue weighted by Crippen LogP contribution is 2.14. The second kappa shape index (κ2) is 19.5. The molecule has 0 fully saturated rings. The Morgan fingerprint density at radius 1 is 0.643 bits per heavy atom. The lowest BCUT2D eigenvalue weighted by Crippen LogP contribution is -2.23. The highest BCUT2D eigenvalue weighted by molar-refractivity contribution is 5.69. The van der Waals surface area contributed by atoms with Gasteiger partial charge in [0.2, 0.25) is 0 Å². The molecule has 0 unspecified atom stereocenters. The Labute approximate surface area is 176 Å². The van der Waals surface area contributed by atoms with Crippen molar-refractivity contribution in [3.05, 3.63) is 12.2 Å². The van der Waals surface area contributed by atoms with E-state index in [9.17, 15) is 4.79 Å². The minimum atomic E-state index is -0.346. The van der Waals surface area contributed by atoms with E-state index in [2.05, 4.69) is 19.1 Å². The maximum atomic E-state index is 11.6. The molecule has 28 heavy (non-hydrogen) atoms. The summed E-state index contributed by atoms with van der Waals surface area (Å²) >= 11 is 0. The van der Waals surface area contributed by atoms with Gasteiger partial charge in [0, 0.05) is 6.42 Å². The quantitative estimate of drug-likeness (QED) is 0.124. The van der Waals surface area contributed by atoms with Crippen molar-refractivity contribution in [2.24, 2.45) is 0 Å². The molecular weight excluding hydrogens is 344 g/mol. The van der Waals surface area contributed by atoms with Crippen LogP contribution in [0.25, 0.3) is 0 Å². The number of carbonyl (C=O) groups is 1. The van der Waals surface area contributed by atoms with E-state index >= 15 is 0 Å². The molecular formula is C26H50O2. The minimum Gasteiger partial charge on any atom is -0.460 e. The summed E-state index contributed by atoms with van der Waals surface area (Å²) in [7, 11) is 0. The number of esters is 1. The molecule has 0 spiro atoms. The summed E-state index contributed by atoms with van der Waals surface area (Å²) in [6.45, 7) is 8.06. The van der Waals surface area contributed by atoms with Crippen LogP contribution >= 0.6 is 0 Å². The summed E-state index contributed by atoms with van der Waals surface area (Å²) < 4.78 is 5.33. The van der Waals surface area contributed by atoms with Gasteiger partial charge in [-0.2, -0.15) is 0 Å². The number of ether oxygens (including phenoxy) is 1. The molecule has 0 saturated carbocycles. The molecule has 0 aliphatic rings. The van der Waals surface area contributed by atoms with E-state index in [0.29, 0.717) is 6.42 Å². The Kier molecular flexibility index (Phi) is 19.0. The summed E-state index contributed by atoms with van der Waals surface area (Å²) in [6.07, 6.45) is 27.8. The summed E-state index contributed by atoms with van der Waals surface area (Å²) in [5.41, 5.74) is -0.346. The average molecular weight is 395 g/mol. The zero-order valence-corrected chi connectivity index (χ0v) is 19.7. The van der Waals surface area contributed by atoms with Gasteiger partial charge in [0.25, 0.3) is 0 Å². The van der Waals surface area contributed by atoms with E-state index in [1.54, 1.807) is 0 Å². The van der Waals surface area contributed by atoms with Gasteiger partial charge < -0.3 is 4.74 Å². The van der Waals surface area contributed by atoms with Crippen LogP contribution in [0, 0.1) is 0 Å². The monoisotopic (exact) mass is 394 g/mol.